The summed E-state index contributed by atoms with van der Waals surface area (Å²) >= 11 is 1.86. The molecule has 0 spiro atoms. The second-order valence-corrected chi connectivity index (χ2v) is 5.06. The molecule has 5 nitrogen and oxygen atoms in total. The number of nitrogens with two attached hydrogens (primary N) is 1. The molecule has 0 aromatic carbocycles. The van der Waals surface area contributed by atoms with Gasteiger partial charge in [-0.05, 0) is 32.3 Å². The van der Waals surface area contributed by atoms with E-state index in [1.54, 1.807) is 0 Å². The molecule has 0 aliphatic carbocycles. The van der Waals surface area contributed by atoms with E-state index in [-0.39, 0.29) is 0 Å². The van der Waals surface area contributed by atoms with Crippen LogP contribution >= 0.6 is 11.8 Å². The quantitative estimate of drug-likeness (QED) is 0.595. The molecule has 1 aromatic heterocycles. The maximum Gasteiger partial charge on any atom is 0.239 e. The van der Waals surface area contributed by atoms with Crippen LogP contribution in [0.2, 0.25) is 0 Å². The average Bonchev–Trinajstić information content (AvgIpc) is 2.34. The topological polar surface area (TPSA) is 67.1 Å². The number of hydrogen-bond donors (Lipinski definition) is 2. The fourth-order valence-corrected chi connectivity index (χ4v) is 2.08. The van der Waals surface area contributed by atoms with Crippen molar-refractivity contribution in [2.75, 3.05) is 29.4 Å². The summed E-state index contributed by atoms with van der Waals surface area (Å²) in [6.07, 6.45) is 3.25. The summed E-state index contributed by atoms with van der Waals surface area (Å²) in [5.74, 6) is 7.86. The highest BCUT2D eigenvalue weighted by Crippen LogP contribution is 2.17. The van der Waals surface area contributed by atoms with Crippen molar-refractivity contribution in [3.05, 3.63) is 11.8 Å². The first-order valence-corrected chi connectivity index (χ1v) is 7.02. The average molecular weight is 255 g/mol. The number of rotatable bonds is 6. The van der Waals surface area contributed by atoms with Gasteiger partial charge in [-0.1, -0.05) is 0 Å². The Balaban J connectivity index is 2.80. The van der Waals surface area contributed by atoms with E-state index in [9.17, 15) is 0 Å². The van der Waals surface area contributed by atoms with Gasteiger partial charge in [-0.15, -0.1) is 0 Å². The van der Waals surface area contributed by atoms with Gasteiger partial charge in [0.1, 0.15) is 5.82 Å². The molecule has 0 aliphatic heterocycles. The van der Waals surface area contributed by atoms with Crippen molar-refractivity contribution in [1.29, 1.82) is 0 Å². The van der Waals surface area contributed by atoms with Crippen LogP contribution in [0, 0.1) is 6.92 Å². The molecule has 96 valence electrons. The Morgan fingerprint density at radius 1 is 1.53 bits per heavy atom. The molecule has 1 unspecified atom stereocenters. The van der Waals surface area contributed by atoms with Gasteiger partial charge in [0, 0.05) is 24.8 Å². The normalized spacial score (nSPS) is 12.3. The van der Waals surface area contributed by atoms with Crippen LogP contribution in [-0.2, 0) is 0 Å². The van der Waals surface area contributed by atoms with Crippen molar-refractivity contribution < 1.29 is 0 Å². The largest absolute Gasteiger partial charge is 0.357 e. The third-order valence-electron chi connectivity index (χ3n) is 2.73. The minimum Gasteiger partial charge on any atom is -0.357 e. The number of nitrogens with one attached hydrogen (secondary N) is 1. The fourth-order valence-electron chi connectivity index (χ4n) is 1.51. The number of nitrogen functional groups attached to an aromatic ring is 1. The molecule has 1 atom stereocenters. The first kappa shape index (κ1) is 14.1. The highest BCUT2D eigenvalue weighted by Gasteiger charge is 2.12. The SMILES string of the molecule is CSCCC(C)N(C)c1cc(C)nc(NN)n1. The van der Waals surface area contributed by atoms with E-state index >= 15 is 0 Å². The monoisotopic (exact) mass is 255 g/mol. The van der Waals surface area contributed by atoms with Gasteiger partial charge in [0.15, 0.2) is 0 Å². The van der Waals surface area contributed by atoms with Crippen molar-refractivity contribution in [2.24, 2.45) is 5.84 Å². The van der Waals surface area contributed by atoms with Crippen LogP contribution in [0.3, 0.4) is 0 Å². The Labute approximate surface area is 107 Å². The molecular formula is C11H21N5S. The molecule has 3 N–H and O–H groups in total. The Morgan fingerprint density at radius 3 is 2.82 bits per heavy atom. The molecule has 6 heteroatoms. The first-order valence-electron chi connectivity index (χ1n) is 5.62. The zero-order valence-corrected chi connectivity index (χ0v) is 11.7. The van der Waals surface area contributed by atoms with Crippen molar-refractivity contribution in [2.45, 2.75) is 26.3 Å². The molecule has 1 rings (SSSR count). The molecule has 0 amide bonds. The Morgan fingerprint density at radius 2 is 2.24 bits per heavy atom. The molecule has 0 saturated carbocycles. The van der Waals surface area contributed by atoms with Crippen LogP contribution in [0.5, 0.6) is 0 Å². The lowest BCUT2D eigenvalue weighted by Gasteiger charge is -2.26. The van der Waals surface area contributed by atoms with Crippen LogP contribution in [0.4, 0.5) is 11.8 Å². The smallest absolute Gasteiger partial charge is 0.239 e. The van der Waals surface area contributed by atoms with E-state index in [1.165, 1.54) is 0 Å². The van der Waals surface area contributed by atoms with Crippen LogP contribution in [-0.4, -0.2) is 35.1 Å². The lowest BCUT2D eigenvalue weighted by atomic mass is 10.2. The lowest BCUT2D eigenvalue weighted by molar-refractivity contribution is 0.661. The summed E-state index contributed by atoms with van der Waals surface area (Å²) in [6, 6.07) is 2.42. The zero-order valence-electron chi connectivity index (χ0n) is 10.9. The van der Waals surface area contributed by atoms with E-state index < -0.39 is 0 Å². The highest BCUT2D eigenvalue weighted by atomic mass is 32.2. The molecule has 17 heavy (non-hydrogen) atoms. The number of hydrogen-bond acceptors (Lipinski definition) is 6. The number of thioether (sulfide) groups is 1. The minimum atomic E-state index is 0.447. The Hall–Kier alpha value is -1.01. The second-order valence-electron chi connectivity index (χ2n) is 4.08. The summed E-state index contributed by atoms with van der Waals surface area (Å²) in [5.41, 5.74) is 3.40. The minimum absolute atomic E-state index is 0.447. The van der Waals surface area contributed by atoms with Gasteiger partial charge in [-0.25, -0.2) is 10.8 Å². The molecule has 0 saturated heterocycles. The van der Waals surface area contributed by atoms with Crippen molar-refractivity contribution in [3.63, 3.8) is 0 Å². The summed E-state index contributed by atoms with van der Waals surface area (Å²) < 4.78 is 0. The molecular weight excluding hydrogens is 234 g/mol. The molecule has 0 fully saturated rings. The number of aryl methyl sites for hydroxylation is 1. The summed E-state index contributed by atoms with van der Waals surface area (Å²) in [5, 5.41) is 0. The number of nitrogens with zero attached hydrogens (tertiary/aromatic N) is 3. The van der Waals surface area contributed by atoms with Crippen molar-refractivity contribution in [1.82, 2.24) is 9.97 Å². The number of hydrazine groups is 1. The van der Waals surface area contributed by atoms with Gasteiger partial charge < -0.3 is 4.90 Å². The number of anilines is 2. The summed E-state index contributed by atoms with van der Waals surface area (Å²) in [7, 11) is 2.05. The van der Waals surface area contributed by atoms with Crippen LogP contribution < -0.4 is 16.2 Å². The van der Waals surface area contributed by atoms with Crippen LogP contribution in [0.15, 0.2) is 6.07 Å². The first-order chi connectivity index (χ1) is 8.08. The molecule has 0 bridgehead atoms. The van der Waals surface area contributed by atoms with Crippen molar-refractivity contribution in [3.8, 4) is 0 Å². The van der Waals surface area contributed by atoms with Gasteiger partial charge in [0.25, 0.3) is 0 Å². The van der Waals surface area contributed by atoms with E-state index in [0.29, 0.717) is 12.0 Å². The summed E-state index contributed by atoms with van der Waals surface area (Å²) in [4.78, 5) is 10.7. The van der Waals surface area contributed by atoms with E-state index in [0.717, 1.165) is 23.7 Å². The standard InChI is InChI=1S/C11H21N5S/c1-8-7-10(14-11(13-8)15-12)16(3)9(2)5-6-17-4/h7,9H,5-6,12H2,1-4H3,(H,13,14,15). The lowest BCUT2D eigenvalue weighted by Crippen LogP contribution is -2.30. The van der Waals surface area contributed by atoms with Crippen LogP contribution in [0.25, 0.3) is 0 Å². The summed E-state index contributed by atoms with van der Waals surface area (Å²) in [6.45, 7) is 4.13. The Bertz CT molecular complexity index is 358. The van der Waals surface area contributed by atoms with Gasteiger partial charge in [-0.2, -0.15) is 16.7 Å². The maximum absolute atomic E-state index is 5.35. The van der Waals surface area contributed by atoms with E-state index in [1.807, 2.05) is 31.8 Å². The van der Waals surface area contributed by atoms with Gasteiger partial charge in [-0.3, -0.25) is 5.43 Å². The fraction of sp³-hybridized carbons (Fsp3) is 0.636. The zero-order chi connectivity index (χ0) is 12.8. The second kappa shape index (κ2) is 6.66. The molecule has 1 aromatic rings. The predicted molar refractivity (Wildman–Crippen MR) is 75.4 cm³/mol. The maximum atomic E-state index is 5.35. The van der Waals surface area contributed by atoms with E-state index in [2.05, 4.69) is 33.5 Å². The molecule has 0 aliphatic rings. The third kappa shape index (κ3) is 4.05. The van der Waals surface area contributed by atoms with Gasteiger partial charge in [0.2, 0.25) is 5.95 Å². The van der Waals surface area contributed by atoms with Crippen molar-refractivity contribution >= 4 is 23.5 Å². The highest BCUT2D eigenvalue weighted by molar-refractivity contribution is 7.98. The molecule has 0 radical (unpaired) electrons. The number of aromatic nitrogens is 2. The molecule has 1 heterocycles. The van der Waals surface area contributed by atoms with Gasteiger partial charge >= 0.3 is 0 Å². The van der Waals surface area contributed by atoms with Gasteiger partial charge in [0.05, 0.1) is 0 Å². The van der Waals surface area contributed by atoms with Crippen LogP contribution in [0.1, 0.15) is 19.0 Å². The third-order valence-corrected chi connectivity index (χ3v) is 3.38. The Kier molecular flexibility index (Phi) is 5.50. The predicted octanol–water partition coefficient (Wildman–Crippen LogP) is 1.65. The van der Waals surface area contributed by atoms with E-state index in [4.69, 9.17) is 5.84 Å².